The minimum Gasteiger partial charge on any atom is -0.461 e. The van der Waals surface area contributed by atoms with Crippen LogP contribution < -0.4 is 5.56 Å². The highest BCUT2D eigenvalue weighted by atomic mass is 16.5. The molecule has 0 unspecified atom stereocenters. The number of aryl methyl sites for hydroxylation is 1. The van der Waals surface area contributed by atoms with Gasteiger partial charge >= 0.3 is 0 Å². The molecule has 0 saturated carbocycles. The van der Waals surface area contributed by atoms with Crippen molar-refractivity contribution in [2.24, 2.45) is 0 Å². The predicted molar refractivity (Wildman–Crippen MR) is 107 cm³/mol. The fourth-order valence-corrected chi connectivity index (χ4v) is 3.62. The Balaban J connectivity index is 1.33. The number of nitrogens with one attached hydrogen (secondary N) is 1. The fourth-order valence-electron chi connectivity index (χ4n) is 3.62. The summed E-state index contributed by atoms with van der Waals surface area (Å²) in [5, 5.41) is 4.20. The van der Waals surface area contributed by atoms with Crippen LogP contribution in [0.3, 0.4) is 0 Å². The van der Waals surface area contributed by atoms with Gasteiger partial charge in [-0.2, -0.15) is 0 Å². The summed E-state index contributed by atoms with van der Waals surface area (Å²) in [6.07, 6.45) is 2.27. The van der Waals surface area contributed by atoms with Gasteiger partial charge in [0.1, 0.15) is 0 Å². The van der Waals surface area contributed by atoms with E-state index in [1.165, 1.54) is 5.56 Å². The van der Waals surface area contributed by atoms with E-state index in [1.54, 1.807) is 18.4 Å². The Morgan fingerprint density at radius 2 is 2.03 bits per heavy atom. The Bertz CT molecular complexity index is 1190. The van der Waals surface area contributed by atoms with Gasteiger partial charge in [0.05, 0.1) is 23.2 Å². The van der Waals surface area contributed by atoms with Gasteiger partial charge in [-0.3, -0.25) is 9.69 Å². The molecule has 1 aromatic carbocycles. The van der Waals surface area contributed by atoms with Crippen LogP contribution in [0.2, 0.25) is 0 Å². The van der Waals surface area contributed by atoms with Crippen molar-refractivity contribution in [3.63, 3.8) is 0 Å². The van der Waals surface area contributed by atoms with E-state index in [-0.39, 0.29) is 5.56 Å². The SMILES string of the molecule is Cc1ccc(-c2cc(CN3CCc4nc(-c5ccco5)[nH]c(=O)c4C3)no2)cc1. The van der Waals surface area contributed by atoms with Crippen molar-refractivity contribution in [1.29, 1.82) is 0 Å². The molecule has 29 heavy (non-hydrogen) atoms. The molecule has 0 bridgehead atoms. The van der Waals surface area contributed by atoms with Crippen LogP contribution in [0.15, 0.2) is 62.5 Å². The van der Waals surface area contributed by atoms with Gasteiger partial charge in [0, 0.05) is 37.7 Å². The fraction of sp³-hybridized carbons (Fsp3) is 0.227. The number of benzene rings is 1. The quantitative estimate of drug-likeness (QED) is 0.575. The van der Waals surface area contributed by atoms with E-state index in [4.69, 9.17) is 8.94 Å². The number of nitrogens with zero attached hydrogens (tertiary/aromatic N) is 3. The maximum atomic E-state index is 12.6. The molecule has 0 saturated heterocycles. The summed E-state index contributed by atoms with van der Waals surface area (Å²) in [5.41, 5.74) is 4.47. The van der Waals surface area contributed by atoms with Gasteiger partial charge in [0.15, 0.2) is 17.3 Å². The van der Waals surface area contributed by atoms with E-state index in [0.717, 1.165) is 29.3 Å². The van der Waals surface area contributed by atoms with Gasteiger partial charge in [-0.05, 0) is 19.1 Å². The number of hydrogen-bond acceptors (Lipinski definition) is 6. The molecule has 1 aliphatic rings. The monoisotopic (exact) mass is 388 g/mol. The maximum absolute atomic E-state index is 12.6. The number of furan rings is 1. The van der Waals surface area contributed by atoms with Crippen LogP contribution >= 0.6 is 0 Å². The summed E-state index contributed by atoms with van der Waals surface area (Å²) in [6.45, 7) is 4.00. The maximum Gasteiger partial charge on any atom is 0.256 e. The van der Waals surface area contributed by atoms with Crippen LogP contribution in [0, 0.1) is 6.92 Å². The van der Waals surface area contributed by atoms with Crippen molar-refractivity contribution in [3.8, 4) is 22.9 Å². The van der Waals surface area contributed by atoms with Crippen LogP contribution in [0.5, 0.6) is 0 Å². The Kier molecular flexibility index (Phi) is 4.37. The van der Waals surface area contributed by atoms with Crippen molar-refractivity contribution >= 4 is 0 Å². The summed E-state index contributed by atoms with van der Waals surface area (Å²) in [6, 6.07) is 13.7. The van der Waals surface area contributed by atoms with Crippen molar-refractivity contribution in [2.75, 3.05) is 6.54 Å². The third-order valence-electron chi connectivity index (χ3n) is 5.18. The smallest absolute Gasteiger partial charge is 0.256 e. The standard InChI is InChI=1S/C22H20N4O3/c1-14-4-6-15(7-5-14)20-11-16(25-29-20)12-26-9-8-18-17(13-26)22(27)24-21(23-18)19-3-2-10-28-19/h2-7,10-11H,8-9,12-13H2,1H3,(H,23,24,27). The Labute approximate surface area is 167 Å². The summed E-state index contributed by atoms with van der Waals surface area (Å²) >= 11 is 0. The van der Waals surface area contributed by atoms with Gasteiger partial charge in [-0.15, -0.1) is 0 Å². The summed E-state index contributed by atoms with van der Waals surface area (Å²) in [5.74, 6) is 1.80. The molecule has 4 heterocycles. The molecular weight excluding hydrogens is 368 g/mol. The van der Waals surface area contributed by atoms with Crippen LogP contribution in [0.4, 0.5) is 0 Å². The normalized spacial score (nSPS) is 14.1. The minimum absolute atomic E-state index is 0.119. The van der Waals surface area contributed by atoms with E-state index < -0.39 is 0 Å². The third-order valence-corrected chi connectivity index (χ3v) is 5.18. The number of aromatic nitrogens is 3. The lowest BCUT2D eigenvalue weighted by Gasteiger charge is -2.26. The zero-order valence-electron chi connectivity index (χ0n) is 16.0. The highest BCUT2D eigenvalue weighted by Crippen LogP contribution is 2.23. The molecule has 7 heteroatoms. The molecule has 0 radical (unpaired) electrons. The molecule has 0 aliphatic carbocycles. The molecule has 7 nitrogen and oxygen atoms in total. The minimum atomic E-state index is -0.119. The average Bonchev–Trinajstić information content (AvgIpc) is 3.41. The zero-order valence-corrected chi connectivity index (χ0v) is 16.0. The number of rotatable bonds is 4. The first-order valence-electron chi connectivity index (χ1n) is 9.56. The van der Waals surface area contributed by atoms with E-state index in [9.17, 15) is 4.79 Å². The third kappa shape index (κ3) is 3.52. The van der Waals surface area contributed by atoms with Crippen molar-refractivity contribution in [1.82, 2.24) is 20.0 Å². The zero-order chi connectivity index (χ0) is 19.8. The summed E-state index contributed by atoms with van der Waals surface area (Å²) in [7, 11) is 0. The number of hydrogen-bond donors (Lipinski definition) is 1. The lowest BCUT2D eigenvalue weighted by molar-refractivity contribution is 0.234. The molecule has 0 spiro atoms. The molecule has 5 rings (SSSR count). The van der Waals surface area contributed by atoms with Gasteiger partial charge in [0.2, 0.25) is 0 Å². The van der Waals surface area contributed by atoms with Crippen molar-refractivity contribution in [2.45, 2.75) is 26.4 Å². The van der Waals surface area contributed by atoms with Gasteiger partial charge in [-0.25, -0.2) is 4.98 Å². The van der Waals surface area contributed by atoms with E-state index in [0.29, 0.717) is 36.7 Å². The second-order valence-corrected chi connectivity index (χ2v) is 7.33. The first-order valence-corrected chi connectivity index (χ1v) is 9.56. The lowest BCUT2D eigenvalue weighted by atomic mass is 10.1. The average molecular weight is 388 g/mol. The first kappa shape index (κ1) is 17.6. The topological polar surface area (TPSA) is 88.2 Å². The molecule has 146 valence electrons. The van der Waals surface area contributed by atoms with Crippen molar-refractivity contribution < 1.29 is 8.94 Å². The number of fused-ring (bicyclic) bond motifs is 1. The second-order valence-electron chi connectivity index (χ2n) is 7.33. The van der Waals surface area contributed by atoms with Crippen LogP contribution in [-0.4, -0.2) is 26.6 Å². The number of aromatic amines is 1. The lowest BCUT2D eigenvalue weighted by Crippen LogP contribution is -2.35. The summed E-state index contributed by atoms with van der Waals surface area (Å²) in [4.78, 5) is 22.2. The van der Waals surface area contributed by atoms with Gasteiger partial charge in [0.25, 0.3) is 5.56 Å². The molecule has 4 aromatic rings. The first-order chi connectivity index (χ1) is 14.2. The van der Waals surface area contributed by atoms with Gasteiger partial charge < -0.3 is 13.9 Å². The molecule has 1 aliphatic heterocycles. The molecular formula is C22H20N4O3. The van der Waals surface area contributed by atoms with Crippen LogP contribution in [0.25, 0.3) is 22.9 Å². The molecule has 0 amide bonds. The highest BCUT2D eigenvalue weighted by molar-refractivity contribution is 5.57. The Morgan fingerprint density at radius 3 is 2.83 bits per heavy atom. The molecule has 3 aromatic heterocycles. The molecule has 1 N–H and O–H groups in total. The number of H-pyrrole nitrogens is 1. The molecule has 0 fully saturated rings. The Hall–Kier alpha value is -3.45. The second kappa shape index (κ2) is 7.18. The summed E-state index contributed by atoms with van der Waals surface area (Å²) < 4.78 is 10.9. The highest BCUT2D eigenvalue weighted by Gasteiger charge is 2.23. The van der Waals surface area contributed by atoms with Crippen LogP contribution in [0.1, 0.15) is 22.5 Å². The predicted octanol–water partition coefficient (Wildman–Crippen LogP) is 3.55. The van der Waals surface area contributed by atoms with E-state index in [1.807, 2.05) is 18.2 Å². The Morgan fingerprint density at radius 1 is 1.17 bits per heavy atom. The van der Waals surface area contributed by atoms with Gasteiger partial charge in [-0.1, -0.05) is 35.0 Å². The van der Waals surface area contributed by atoms with E-state index >= 15 is 0 Å². The van der Waals surface area contributed by atoms with E-state index in [2.05, 4.69) is 39.1 Å². The molecule has 0 atom stereocenters. The van der Waals surface area contributed by atoms with Crippen molar-refractivity contribution in [3.05, 3.63) is 81.6 Å². The largest absolute Gasteiger partial charge is 0.461 e. The van der Waals surface area contributed by atoms with Crippen LogP contribution in [-0.2, 0) is 19.5 Å².